The summed E-state index contributed by atoms with van der Waals surface area (Å²) >= 11 is 0. The molecule has 0 saturated carbocycles. The maximum Gasteiger partial charge on any atom is 0.243 e. The molecule has 3 N–H and O–H groups in total. The van der Waals surface area contributed by atoms with Crippen molar-refractivity contribution in [1.29, 1.82) is 0 Å². The van der Waals surface area contributed by atoms with Crippen LogP contribution in [0.2, 0.25) is 0 Å². The van der Waals surface area contributed by atoms with Crippen LogP contribution < -0.4 is 43.0 Å². The van der Waals surface area contributed by atoms with Gasteiger partial charge in [0.2, 0.25) is 6.71 Å². The van der Waals surface area contributed by atoms with Gasteiger partial charge in [-0.1, -0.05) is 141 Å². The first kappa shape index (κ1) is 27.9. The fraction of sp³-hybridized carbons (Fsp3) is 0.0698. The molecule has 0 bridgehead atoms. The Morgan fingerprint density at radius 2 is 1.34 bits per heavy atom. The molecule has 0 atom stereocenters. The molecule has 0 amide bonds. The number of aryl methyl sites for hydroxylation is 3. The number of nitrogens with two attached hydrogens (primary N) is 1. The maximum absolute atomic E-state index is 6.59. The van der Waals surface area contributed by atoms with Gasteiger partial charge in [-0.3, -0.25) is 0 Å². The SMILES string of the molecule is Cc1cc(C)c(B2c3cccc4c3-c3c2cc(Nc2cccc5ccccc25)cc3[Si](c2ccccc2)c2cc(N)ccc2-4)c(C)c1. The molecule has 2 aliphatic heterocycles. The smallest absolute Gasteiger partial charge is 0.243 e. The summed E-state index contributed by atoms with van der Waals surface area (Å²) in [7, 11) is -1.46. The van der Waals surface area contributed by atoms with Crippen LogP contribution in [-0.4, -0.2) is 15.5 Å². The van der Waals surface area contributed by atoms with E-state index in [1.54, 1.807) is 0 Å². The minimum atomic E-state index is -1.46. The standard InChI is InChI=1S/C43H34BN2Si/c1-26-21-27(2)43(28(3)22-26)44-36-17-10-16-35-34-20-19-30(45)23-39(34)47(32-13-5-4-6-14-32)40-25-31(24-37(44)42(40)41(35)36)46-38-18-9-12-29-11-7-8-15-33(29)38/h4-25,46H,45H2,1-3H3. The summed E-state index contributed by atoms with van der Waals surface area (Å²) in [5.74, 6) is 0. The fourth-order valence-electron chi connectivity index (χ4n) is 8.43. The van der Waals surface area contributed by atoms with Crippen LogP contribution in [0.4, 0.5) is 17.1 Å². The number of nitrogens with one attached hydrogen (secondary N) is 1. The average Bonchev–Trinajstić information content (AvgIpc) is 3.33. The van der Waals surface area contributed by atoms with E-state index < -0.39 is 8.80 Å². The Kier molecular flexibility index (Phi) is 6.31. The molecule has 9 rings (SSSR count). The van der Waals surface area contributed by atoms with Gasteiger partial charge in [0, 0.05) is 22.4 Å². The van der Waals surface area contributed by atoms with E-state index in [0.29, 0.717) is 0 Å². The van der Waals surface area contributed by atoms with E-state index >= 15 is 0 Å². The monoisotopic (exact) mass is 617 g/mol. The zero-order valence-corrected chi connectivity index (χ0v) is 27.9. The highest BCUT2D eigenvalue weighted by molar-refractivity contribution is 7.03. The van der Waals surface area contributed by atoms with Crippen molar-refractivity contribution in [1.82, 2.24) is 0 Å². The van der Waals surface area contributed by atoms with Gasteiger partial charge in [-0.05, 0) is 89.1 Å². The van der Waals surface area contributed by atoms with Crippen LogP contribution in [0.5, 0.6) is 0 Å². The van der Waals surface area contributed by atoms with E-state index in [-0.39, 0.29) is 6.71 Å². The summed E-state index contributed by atoms with van der Waals surface area (Å²) in [5.41, 5.74) is 23.3. The Bertz CT molecular complexity index is 2370. The third-order valence-electron chi connectivity index (χ3n) is 10.2. The van der Waals surface area contributed by atoms with Gasteiger partial charge in [0.25, 0.3) is 0 Å². The van der Waals surface area contributed by atoms with Crippen LogP contribution >= 0.6 is 0 Å². The second-order valence-corrected chi connectivity index (χ2v) is 15.6. The van der Waals surface area contributed by atoms with Gasteiger partial charge < -0.3 is 11.1 Å². The van der Waals surface area contributed by atoms with Crippen molar-refractivity contribution in [3.63, 3.8) is 0 Å². The summed E-state index contributed by atoms with van der Waals surface area (Å²) < 4.78 is 0. The number of hydrogen-bond acceptors (Lipinski definition) is 2. The van der Waals surface area contributed by atoms with E-state index in [9.17, 15) is 0 Å². The molecule has 0 aliphatic carbocycles. The van der Waals surface area contributed by atoms with Crippen LogP contribution in [0.3, 0.4) is 0 Å². The molecule has 2 aliphatic rings. The number of hydrogen-bond donors (Lipinski definition) is 2. The van der Waals surface area contributed by atoms with Crippen molar-refractivity contribution in [3.05, 3.63) is 150 Å². The molecular weight excluding hydrogens is 583 g/mol. The molecule has 47 heavy (non-hydrogen) atoms. The Morgan fingerprint density at radius 3 is 2.17 bits per heavy atom. The van der Waals surface area contributed by atoms with Crippen molar-refractivity contribution in [2.24, 2.45) is 0 Å². The van der Waals surface area contributed by atoms with E-state index in [1.165, 1.54) is 81.7 Å². The van der Waals surface area contributed by atoms with Crippen molar-refractivity contribution >= 4 is 75.3 Å². The summed E-state index contributed by atoms with van der Waals surface area (Å²) in [4.78, 5) is 0. The second kappa shape index (κ2) is 10.6. The van der Waals surface area contributed by atoms with Crippen molar-refractivity contribution in [2.45, 2.75) is 20.8 Å². The molecule has 2 heterocycles. The fourth-order valence-corrected chi connectivity index (χ4v) is 11.5. The summed E-state index contributed by atoms with van der Waals surface area (Å²) in [6.45, 7) is 6.93. The quantitative estimate of drug-likeness (QED) is 0.186. The first-order valence-electron chi connectivity index (χ1n) is 16.4. The molecular formula is C43H34BN2Si. The van der Waals surface area contributed by atoms with Gasteiger partial charge in [0.05, 0.1) is 0 Å². The zero-order valence-electron chi connectivity index (χ0n) is 26.9. The molecule has 2 nitrogen and oxygen atoms in total. The van der Waals surface area contributed by atoms with Crippen LogP contribution in [-0.2, 0) is 0 Å². The van der Waals surface area contributed by atoms with E-state index in [2.05, 4.69) is 160 Å². The minimum absolute atomic E-state index is 0.142. The number of rotatable bonds is 4. The minimum Gasteiger partial charge on any atom is -0.399 e. The molecule has 0 aromatic heterocycles. The highest BCUT2D eigenvalue weighted by atomic mass is 28.3. The van der Waals surface area contributed by atoms with Gasteiger partial charge >= 0.3 is 0 Å². The Balaban J connectivity index is 1.40. The molecule has 7 aromatic carbocycles. The third-order valence-corrected chi connectivity index (χ3v) is 13.0. The molecule has 0 fully saturated rings. The predicted molar refractivity (Wildman–Crippen MR) is 205 cm³/mol. The topological polar surface area (TPSA) is 38.0 Å². The van der Waals surface area contributed by atoms with Gasteiger partial charge in [0.15, 0.2) is 8.80 Å². The zero-order chi connectivity index (χ0) is 31.8. The Morgan fingerprint density at radius 1 is 0.596 bits per heavy atom. The number of benzene rings is 7. The van der Waals surface area contributed by atoms with E-state index in [0.717, 1.165) is 17.1 Å². The molecule has 4 heteroatoms. The van der Waals surface area contributed by atoms with Crippen LogP contribution in [0.1, 0.15) is 16.7 Å². The third kappa shape index (κ3) is 4.32. The molecule has 0 unspecified atom stereocenters. The Hall–Kier alpha value is -5.32. The second-order valence-electron chi connectivity index (χ2n) is 13.2. The van der Waals surface area contributed by atoms with Crippen molar-refractivity contribution < 1.29 is 0 Å². The Labute approximate surface area is 278 Å². The van der Waals surface area contributed by atoms with Crippen LogP contribution in [0.15, 0.2) is 133 Å². The van der Waals surface area contributed by atoms with Crippen molar-refractivity contribution in [2.75, 3.05) is 11.1 Å². The lowest BCUT2D eigenvalue weighted by Crippen LogP contribution is -2.55. The first-order valence-corrected chi connectivity index (χ1v) is 17.9. The predicted octanol–water partition coefficient (Wildman–Crippen LogP) is 6.08. The molecule has 1 radical (unpaired) electrons. The van der Waals surface area contributed by atoms with E-state index in [4.69, 9.17) is 5.73 Å². The number of fused-ring (bicyclic) bond motifs is 3. The number of nitrogen functional groups attached to an aromatic ring is 1. The maximum atomic E-state index is 6.59. The molecule has 223 valence electrons. The normalized spacial score (nSPS) is 13.0. The highest BCUT2D eigenvalue weighted by Gasteiger charge is 2.42. The van der Waals surface area contributed by atoms with Crippen molar-refractivity contribution in [3.8, 4) is 22.3 Å². The lowest BCUT2D eigenvalue weighted by atomic mass is 9.37. The summed E-state index contributed by atoms with van der Waals surface area (Å²) in [6.07, 6.45) is 0. The van der Waals surface area contributed by atoms with Crippen LogP contribution in [0, 0.1) is 20.8 Å². The molecule has 0 spiro atoms. The van der Waals surface area contributed by atoms with Gasteiger partial charge in [0.1, 0.15) is 0 Å². The average molecular weight is 618 g/mol. The van der Waals surface area contributed by atoms with Gasteiger partial charge in [-0.2, -0.15) is 0 Å². The highest BCUT2D eigenvalue weighted by Crippen LogP contribution is 2.37. The van der Waals surface area contributed by atoms with Gasteiger partial charge in [-0.15, -0.1) is 0 Å². The molecule has 7 aromatic rings. The molecule has 0 saturated heterocycles. The van der Waals surface area contributed by atoms with E-state index in [1.807, 2.05) is 0 Å². The van der Waals surface area contributed by atoms with Crippen LogP contribution in [0.25, 0.3) is 33.0 Å². The lowest BCUT2D eigenvalue weighted by molar-refractivity contribution is 1.35. The largest absolute Gasteiger partial charge is 0.399 e. The van der Waals surface area contributed by atoms with Gasteiger partial charge in [-0.25, -0.2) is 0 Å². The number of anilines is 3. The first-order chi connectivity index (χ1) is 23.0. The summed E-state index contributed by atoms with van der Waals surface area (Å²) in [5, 5.41) is 10.5. The summed E-state index contributed by atoms with van der Waals surface area (Å²) in [6, 6.07) is 49.5. The lowest BCUT2D eigenvalue weighted by Gasteiger charge is -2.24.